The molecule has 2 atom stereocenters. The van der Waals surface area contributed by atoms with Crippen LogP contribution in [0.3, 0.4) is 0 Å². The van der Waals surface area contributed by atoms with Crippen molar-refractivity contribution in [3.63, 3.8) is 0 Å². The number of carbonyl (C=O) groups excluding carboxylic acids is 2. The largest absolute Gasteiger partial charge is 0.477 e. The minimum Gasteiger partial charge on any atom is -0.477 e. The van der Waals surface area contributed by atoms with E-state index in [1.807, 2.05) is 0 Å². The fraction of sp³-hybridized carbons (Fsp3) is 0.357. The zero-order valence-corrected chi connectivity index (χ0v) is 16.1. The highest BCUT2D eigenvalue weighted by atomic mass is 32.2. The first-order chi connectivity index (χ1) is 13.4. The van der Waals surface area contributed by atoms with E-state index < -0.39 is 29.2 Å². The molecule has 2 aliphatic heterocycles. The highest BCUT2D eigenvalue weighted by Crippen LogP contribution is 2.40. The van der Waals surface area contributed by atoms with Crippen LogP contribution in [-0.4, -0.2) is 69.4 Å². The van der Waals surface area contributed by atoms with Gasteiger partial charge in [0.15, 0.2) is 10.8 Å². The van der Waals surface area contributed by atoms with Crippen LogP contribution in [0.15, 0.2) is 21.8 Å². The standard InChI is InChI=1S/C14H16N6O6S2/c1-25-19-7(6-4-28-14(15)17-6)10(21)18-8-11(22)20-9(13(23)24)5(2-26-16)3-27-12(8)20/h4,8,12H,2-3,16H2,1H3,(H2,15,17)(H,18,21)(H,23,24)/b19-7-. The third-order valence-corrected chi connectivity index (χ3v) is 5.97. The van der Waals surface area contributed by atoms with E-state index in [9.17, 15) is 19.5 Å². The molecule has 2 amide bonds. The number of nitrogens with two attached hydrogens (primary N) is 2. The van der Waals surface area contributed by atoms with Crippen LogP contribution in [0.4, 0.5) is 5.13 Å². The highest BCUT2D eigenvalue weighted by Gasteiger charge is 2.54. The maximum atomic E-state index is 12.6. The summed E-state index contributed by atoms with van der Waals surface area (Å²) in [6.07, 6.45) is 0. The molecule has 14 heteroatoms. The maximum absolute atomic E-state index is 12.6. The number of rotatable bonds is 7. The lowest BCUT2D eigenvalue weighted by Crippen LogP contribution is -2.71. The number of carboxylic acids is 1. The molecule has 3 heterocycles. The number of anilines is 1. The summed E-state index contributed by atoms with van der Waals surface area (Å²) in [6, 6.07) is -0.926. The number of nitrogen functional groups attached to an aromatic ring is 1. The van der Waals surface area contributed by atoms with Gasteiger partial charge in [-0.05, 0) is 5.57 Å². The van der Waals surface area contributed by atoms with Crippen LogP contribution in [0.25, 0.3) is 0 Å². The Balaban J connectivity index is 1.78. The van der Waals surface area contributed by atoms with Gasteiger partial charge in [0.25, 0.3) is 11.8 Å². The molecule has 1 fully saturated rings. The Kier molecular flexibility index (Phi) is 5.83. The summed E-state index contributed by atoms with van der Waals surface area (Å²) < 4.78 is 0. The van der Waals surface area contributed by atoms with E-state index in [4.69, 9.17) is 11.6 Å². The third-order valence-electron chi connectivity index (χ3n) is 3.96. The molecule has 6 N–H and O–H groups in total. The molecule has 0 bridgehead atoms. The van der Waals surface area contributed by atoms with E-state index in [1.165, 1.54) is 24.3 Å². The van der Waals surface area contributed by atoms with Gasteiger partial charge < -0.3 is 25.8 Å². The summed E-state index contributed by atoms with van der Waals surface area (Å²) in [7, 11) is 1.27. The first-order valence-corrected chi connectivity index (χ1v) is 9.67. The van der Waals surface area contributed by atoms with Gasteiger partial charge in [-0.2, -0.15) is 0 Å². The molecule has 2 aliphatic rings. The lowest BCUT2D eigenvalue weighted by atomic mass is 10.0. The number of thiazole rings is 1. The van der Waals surface area contributed by atoms with Crippen molar-refractivity contribution in [2.75, 3.05) is 25.2 Å². The third kappa shape index (κ3) is 3.54. The monoisotopic (exact) mass is 428 g/mol. The van der Waals surface area contributed by atoms with Crippen molar-refractivity contribution in [3.8, 4) is 0 Å². The van der Waals surface area contributed by atoms with Gasteiger partial charge in [-0.25, -0.2) is 15.7 Å². The van der Waals surface area contributed by atoms with Crippen molar-refractivity contribution in [2.24, 2.45) is 11.1 Å². The van der Waals surface area contributed by atoms with Gasteiger partial charge >= 0.3 is 5.97 Å². The zero-order chi connectivity index (χ0) is 20.4. The predicted molar refractivity (Wildman–Crippen MR) is 99.9 cm³/mol. The normalized spacial score (nSPS) is 21.9. The molecule has 1 aromatic heterocycles. The van der Waals surface area contributed by atoms with Crippen molar-refractivity contribution in [3.05, 3.63) is 22.3 Å². The number of oxime groups is 1. The second kappa shape index (κ2) is 8.14. The smallest absolute Gasteiger partial charge is 0.352 e. The molecule has 0 saturated carbocycles. The zero-order valence-electron chi connectivity index (χ0n) is 14.4. The lowest BCUT2D eigenvalue weighted by Gasteiger charge is -2.49. The van der Waals surface area contributed by atoms with Gasteiger partial charge in [0, 0.05) is 11.1 Å². The van der Waals surface area contributed by atoms with Gasteiger partial charge in [0.1, 0.15) is 29.9 Å². The number of carboxylic acid groups (broad SMARTS) is 1. The molecular formula is C14H16N6O6S2. The number of carbonyl (C=O) groups is 3. The van der Waals surface area contributed by atoms with Crippen molar-refractivity contribution in [1.82, 2.24) is 15.2 Å². The molecular weight excluding hydrogens is 412 g/mol. The predicted octanol–water partition coefficient (Wildman–Crippen LogP) is -1.30. The van der Waals surface area contributed by atoms with Crippen LogP contribution in [0.1, 0.15) is 5.69 Å². The first kappa shape index (κ1) is 20.1. The van der Waals surface area contributed by atoms with Crippen LogP contribution >= 0.6 is 23.1 Å². The van der Waals surface area contributed by atoms with Crippen molar-refractivity contribution in [1.29, 1.82) is 0 Å². The molecule has 0 spiro atoms. The number of aliphatic carboxylic acids is 1. The fourth-order valence-electron chi connectivity index (χ4n) is 2.80. The topological polar surface area (TPSA) is 182 Å². The van der Waals surface area contributed by atoms with E-state index in [0.29, 0.717) is 11.3 Å². The maximum Gasteiger partial charge on any atom is 0.352 e. The molecule has 0 aliphatic carbocycles. The number of amides is 2. The Hall–Kier alpha value is -2.68. The van der Waals surface area contributed by atoms with Crippen LogP contribution in [-0.2, 0) is 24.1 Å². The molecule has 0 radical (unpaired) electrons. The first-order valence-electron chi connectivity index (χ1n) is 7.74. The van der Waals surface area contributed by atoms with Gasteiger partial charge in [0.2, 0.25) is 0 Å². The second-order valence-corrected chi connectivity index (χ2v) is 7.62. The van der Waals surface area contributed by atoms with E-state index in [0.717, 1.165) is 16.2 Å². The lowest BCUT2D eigenvalue weighted by molar-refractivity contribution is -0.150. The van der Waals surface area contributed by atoms with E-state index in [-0.39, 0.29) is 28.8 Å². The molecule has 2 unspecified atom stereocenters. The number of thioether (sulfide) groups is 1. The Morgan fingerprint density at radius 3 is 2.86 bits per heavy atom. The molecule has 1 aromatic rings. The number of hydrogen-bond donors (Lipinski definition) is 4. The summed E-state index contributed by atoms with van der Waals surface area (Å²) in [4.78, 5) is 51.0. The number of nitrogens with one attached hydrogen (secondary N) is 1. The van der Waals surface area contributed by atoms with Gasteiger partial charge in [-0.3, -0.25) is 14.5 Å². The van der Waals surface area contributed by atoms with E-state index in [1.54, 1.807) is 0 Å². The number of aromatic nitrogens is 1. The Bertz CT molecular complexity index is 883. The molecule has 150 valence electrons. The summed E-state index contributed by atoms with van der Waals surface area (Å²) in [6.45, 7) is -0.113. The second-order valence-electron chi connectivity index (χ2n) is 5.62. The molecule has 3 rings (SSSR count). The van der Waals surface area contributed by atoms with Crippen molar-refractivity contribution in [2.45, 2.75) is 11.4 Å². The number of β-lactam (4-membered cyclic amide) rings is 1. The highest BCUT2D eigenvalue weighted by molar-refractivity contribution is 8.00. The fourth-order valence-corrected chi connectivity index (χ4v) is 4.67. The van der Waals surface area contributed by atoms with Crippen molar-refractivity contribution < 1.29 is 29.2 Å². The molecule has 28 heavy (non-hydrogen) atoms. The summed E-state index contributed by atoms with van der Waals surface area (Å²) in [5, 5.41) is 16.9. The Labute approximate surface area is 166 Å². The van der Waals surface area contributed by atoms with Crippen molar-refractivity contribution >= 4 is 51.7 Å². The SMILES string of the molecule is CO/N=C(\C(=O)NC1C(=O)N2C(C(=O)O)=C(CON)CSC12)c1csc(N)n1. The number of fused-ring (bicyclic) bond motifs is 1. The number of nitrogens with zero attached hydrogens (tertiary/aromatic N) is 3. The van der Waals surface area contributed by atoms with Gasteiger partial charge in [0.05, 0.1) is 6.61 Å². The van der Waals surface area contributed by atoms with Crippen LogP contribution in [0.2, 0.25) is 0 Å². The van der Waals surface area contributed by atoms with E-state index >= 15 is 0 Å². The minimum absolute atomic E-state index is 0.113. The Morgan fingerprint density at radius 1 is 1.54 bits per heavy atom. The van der Waals surface area contributed by atoms with Gasteiger partial charge in [-0.15, -0.1) is 23.1 Å². The van der Waals surface area contributed by atoms with Gasteiger partial charge in [-0.1, -0.05) is 5.16 Å². The number of hydrogen-bond acceptors (Lipinski definition) is 11. The van der Waals surface area contributed by atoms with Crippen LogP contribution < -0.4 is 16.9 Å². The average molecular weight is 428 g/mol. The minimum atomic E-state index is -1.27. The molecule has 0 aromatic carbocycles. The van der Waals surface area contributed by atoms with Crippen LogP contribution in [0.5, 0.6) is 0 Å². The Morgan fingerprint density at radius 2 is 2.29 bits per heavy atom. The van der Waals surface area contributed by atoms with Crippen LogP contribution in [0, 0.1) is 0 Å². The van der Waals surface area contributed by atoms with E-state index in [2.05, 4.69) is 25.1 Å². The quantitative estimate of drug-likeness (QED) is 0.231. The molecule has 1 saturated heterocycles. The summed E-state index contributed by atoms with van der Waals surface area (Å²) in [5.74, 6) is 2.80. The molecule has 12 nitrogen and oxygen atoms in total. The average Bonchev–Trinajstić information content (AvgIpc) is 3.09. The summed E-state index contributed by atoms with van der Waals surface area (Å²) >= 11 is 2.41. The summed E-state index contributed by atoms with van der Waals surface area (Å²) in [5.41, 5.74) is 5.84.